The average Bonchev–Trinajstić information content (AvgIpc) is 3.00. The van der Waals surface area contributed by atoms with Crippen LogP contribution in [-0.2, 0) is 15.6 Å². The zero-order chi connectivity index (χ0) is 14.3. The zero-order valence-electron chi connectivity index (χ0n) is 10.4. The minimum Gasteiger partial charge on any atom is -0.464 e. The number of hydrogen-bond acceptors (Lipinski definition) is 5. The van der Waals surface area contributed by atoms with E-state index in [1.807, 2.05) is 24.3 Å². The van der Waals surface area contributed by atoms with Crippen molar-refractivity contribution < 1.29 is 12.8 Å². The molecule has 0 fully saturated rings. The van der Waals surface area contributed by atoms with Crippen molar-refractivity contribution in [2.45, 2.75) is 18.6 Å². The Morgan fingerprint density at radius 2 is 2.05 bits per heavy atom. The Labute approximate surface area is 119 Å². The van der Waals surface area contributed by atoms with Crippen molar-refractivity contribution in [2.24, 2.45) is 0 Å². The molecule has 0 unspecified atom stereocenters. The molecule has 0 saturated carbocycles. The van der Waals surface area contributed by atoms with Crippen molar-refractivity contribution in [1.29, 1.82) is 0 Å². The van der Waals surface area contributed by atoms with Crippen LogP contribution in [0.3, 0.4) is 0 Å². The summed E-state index contributed by atoms with van der Waals surface area (Å²) in [7, 11) is 1.42. The van der Waals surface area contributed by atoms with Gasteiger partial charge in [0.2, 0.25) is 0 Å². The summed E-state index contributed by atoms with van der Waals surface area (Å²) in [4.78, 5) is 0. The number of rotatable bonds is 3. The van der Waals surface area contributed by atoms with Crippen LogP contribution in [0.2, 0.25) is 0 Å². The highest BCUT2D eigenvalue weighted by atomic mass is 35.7. The molecule has 20 heavy (non-hydrogen) atoms. The number of halogens is 1. The normalized spacial score (nSPS) is 12.1. The first-order valence-corrected chi connectivity index (χ1v) is 8.17. The summed E-state index contributed by atoms with van der Waals surface area (Å²) in [6.07, 6.45) is 1.53. The molecule has 8 heteroatoms. The molecule has 0 aliphatic carbocycles. The van der Waals surface area contributed by atoms with Gasteiger partial charge in [-0.1, -0.05) is 18.2 Å². The van der Waals surface area contributed by atoms with Crippen LogP contribution in [0.1, 0.15) is 6.92 Å². The van der Waals surface area contributed by atoms with Crippen molar-refractivity contribution in [3.05, 3.63) is 30.5 Å². The van der Waals surface area contributed by atoms with E-state index in [0.717, 1.165) is 5.39 Å². The number of hydrogen-bond donors (Lipinski definition) is 0. The lowest BCUT2D eigenvalue weighted by atomic mass is 10.1. The van der Waals surface area contributed by atoms with Gasteiger partial charge in [-0.25, -0.2) is 8.42 Å². The van der Waals surface area contributed by atoms with Crippen LogP contribution in [-0.4, -0.2) is 23.2 Å². The maximum atomic E-state index is 11.5. The molecule has 0 atom stereocenters. The molecule has 0 N–H and O–H groups in total. The summed E-state index contributed by atoms with van der Waals surface area (Å²) >= 11 is 0. The summed E-state index contributed by atoms with van der Waals surface area (Å²) < 4.78 is 29.8. The maximum absolute atomic E-state index is 11.5. The molecule has 0 spiro atoms. The SMILES string of the molecule is CCn1c(-c2coc3ccccc23)nnc1S(=O)(=O)Cl. The van der Waals surface area contributed by atoms with Crippen LogP contribution >= 0.6 is 10.7 Å². The van der Waals surface area contributed by atoms with E-state index in [1.165, 1.54) is 10.8 Å². The predicted molar refractivity (Wildman–Crippen MR) is 73.9 cm³/mol. The van der Waals surface area contributed by atoms with Gasteiger partial charge in [-0.05, 0) is 13.0 Å². The molecule has 2 aromatic heterocycles. The maximum Gasteiger partial charge on any atom is 0.296 e. The lowest BCUT2D eigenvalue weighted by Gasteiger charge is -2.03. The fraction of sp³-hybridized carbons (Fsp3) is 0.167. The van der Waals surface area contributed by atoms with Crippen molar-refractivity contribution in [3.63, 3.8) is 0 Å². The number of benzene rings is 1. The molecule has 0 amide bonds. The smallest absolute Gasteiger partial charge is 0.296 e. The third-order valence-electron chi connectivity index (χ3n) is 2.97. The molecule has 3 aromatic rings. The Kier molecular flexibility index (Phi) is 3.02. The number of furan rings is 1. The fourth-order valence-electron chi connectivity index (χ4n) is 2.10. The van der Waals surface area contributed by atoms with Gasteiger partial charge >= 0.3 is 0 Å². The van der Waals surface area contributed by atoms with E-state index in [2.05, 4.69) is 10.2 Å². The van der Waals surface area contributed by atoms with Gasteiger partial charge in [0, 0.05) is 22.6 Å². The van der Waals surface area contributed by atoms with Gasteiger partial charge in [0.05, 0.1) is 5.56 Å². The Bertz CT molecular complexity index is 882. The number of fused-ring (bicyclic) bond motifs is 1. The number of nitrogens with zero attached hydrogens (tertiary/aromatic N) is 3. The molecule has 2 heterocycles. The van der Waals surface area contributed by atoms with Crippen molar-refractivity contribution in [3.8, 4) is 11.4 Å². The lowest BCUT2D eigenvalue weighted by Crippen LogP contribution is -2.06. The van der Waals surface area contributed by atoms with Crippen LogP contribution in [0.5, 0.6) is 0 Å². The van der Waals surface area contributed by atoms with Gasteiger partial charge in [-0.15, -0.1) is 10.2 Å². The standard InChI is InChI=1S/C12H10ClN3O3S/c1-2-16-11(14-15-12(16)20(13,17)18)9-7-19-10-6-4-3-5-8(9)10/h3-7H,2H2,1H3. The second kappa shape index (κ2) is 4.60. The Balaban J connectivity index is 2.28. The van der Waals surface area contributed by atoms with Crippen LogP contribution in [0.15, 0.2) is 40.1 Å². The molecule has 0 saturated heterocycles. The first kappa shape index (κ1) is 13.1. The molecule has 104 valence electrons. The van der Waals surface area contributed by atoms with Crippen LogP contribution in [0, 0.1) is 0 Å². The monoisotopic (exact) mass is 311 g/mol. The van der Waals surface area contributed by atoms with Crippen LogP contribution in [0.25, 0.3) is 22.4 Å². The second-order valence-corrected chi connectivity index (χ2v) is 6.59. The summed E-state index contributed by atoms with van der Waals surface area (Å²) in [5.41, 5.74) is 1.38. The van der Waals surface area contributed by atoms with E-state index < -0.39 is 9.05 Å². The van der Waals surface area contributed by atoms with E-state index in [4.69, 9.17) is 15.1 Å². The summed E-state index contributed by atoms with van der Waals surface area (Å²) in [5, 5.41) is 8.19. The summed E-state index contributed by atoms with van der Waals surface area (Å²) in [5.74, 6) is 0.414. The van der Waals surface area contributed by atoms with Gasteiger partial charge in [-0.3, -0.25) is 4.57 Å². The van der Waals surface area contributed by atoms with Gasteiger partial charge in [0.25, 0.3) is 14.2 Å². The minimum absolute atomic E-state index is 0.262. The molecule has 0 bridgehead atoms. The van der Waals surface area contributed by atoms with Gasteiger partial charge < -0.3 is 4.42 Å². The molecule has 3 rings (SSSR count). The van der Waals surface area contributed by atoms with Gasteiger partial charge in [0.15, 0.2) is 5.82 Å². The Hall–Kier alpha value is -1.86. The van der Waals surface area contributed by atoms with Gasteiger partial charge in [0.1, 0.15) is 11.8 Å². The Morgan fingerprint density at radius 3 is 2.75 bits per heavy atom. The van der Waals surface area contributed by atoms with E-state index in [1.54, 1.807) is 6.92 Å². The van der Waals surface area contributed by atoms with Crippen LogP contribution < -0.4 is 0 Å². The third kappa shape index (κ3) is 1.99. The third-order valence-corrected chi connectivity index (χ3v) is 4.13. The summed E-state index contributed by atoms with van der Waals surface area (Å²) in [6.45, 7) is 2.17. The number of aromatic nitrogens is 3. The molecular weight excluding hydrogens is 302 g/mol. The highest BCUT2D eigenvalue weighted by Gasteiger charge is 2.24. The molecule has 0 aliphatic rings. The number of para-hydroxylation sites is 1. The highest BCUT2D eigenvalue weighted by molar-refractivity contribution is 8.13. The van der Waals surface area contributed by atoms with Crippen molar-refractivity contribution in [1.82, 2.24) is 14.8 Å². The molecule has 6 nitrogen and oxygen atoms in total. The van der Waals surface area contributed by atoms with E-state index in [0.29, 0.717) is 23.5 Å². The van der Waals surface area contributed by atoms with Crippen molar-refractivity contribution in [2.75, 3.05) is 0 Å². The molecule has 0 aliphatic heterocycles. The van der Waals surface area contributed by atoms with Gasteiger partial charge in [-0.2, -0.15) is 0 Å². The van der Waals surface area contributed by atoms with E-state index in [-0.39, 0.29) is 5.16 Å². The zero-order valence-corrected chi connectivity index (χ0v) is 12.0. The molecule has 0 radical (unpaired) electrons. The van der Waals surface area contributed by atoms with E-state index in [9.17, 15) is 8.42 Å². The first-order chi connectivity index (χ1) is 9.52. The van der Waals surface area contributed by atoms with Crippen molar-refractivity contribution >= 4 is 30.7 Å². The predicted octanol–water partition coefficient (Wildman–Crippen LogP) is 2.64. The molecular formula is C12H10ClN3O3S. The van der Waals surface area contributed by atoms with Crippen LogP contribution in [0.4, 0.5) is 0 Å². The average molecular weight is 312 g/mol. The minimum atomic E-state index is -3.94. The second-order valence-electron chi connectivity index (χ2n) is 4.13. The molecule has 1 aromatic carbocycles. The quantitative estimate of drug-likeness (QED) is 0.695. The lowest BCUT2D eigenvalue weighted by molar-refractivity contribution is 0.582. The summed E-state index contributed by atoms with van der Waals surface area (Å²) in [6, 6.07) is 7.42. The highest BCUT2D eigenvalue weighted by Crippen LogP contribution is 2.30. The fourth-order valence-corrected chi connectivity index (χ4v) is 3.06. The largest absolute Gasteiger partial charge is 0.464 e. The Morgan fingerprint density at radius 1 is 1.30 bits per heavy atom. The topological polar surface area (TPSA) is 78.0 Å². The first-order valence-electron chi connectivity index (χ1n) is 5.87. The van der Waals surface area contributed by atoms with E-state index >= 15 is 0 Å².